The highest BCUT2D eigenvalue weighted by molar-refractivity contribution is 7.91. The molecule has 19 heavy (non-hydrogen) atoms. The van der Waals surface area contributed by atoms with Crippen molar-refractivity contribution in [2.45, 2.75) is 57.0 Å². The molecule has 0 radical (unpaired) electrons. The van der Waals surface area contributed by atoms with Crippen molar-refractivity contribution in [3.63, 3.8) is 0 Å². The third-order valence-corrected chi connectivity index (χ3v) is 5.76. The van der Waals surface area contributed by atoms with E-state index in [4.69, 9.17) is 0 Å². The van der Waals surface area contributed by atoms with Crippen molar-refractivity contribution in [1.29, 1.82) is 0 Å². The molecule has 6 heteroatoms. The first-order valence-electron chi connectivity index (χ1n) is 7.28. The molecule has 2 aliphatic rings. The van der Waals surface area contributed by atoms with Gasteiger partial charge in [-0.25, -0.2) is 8.42 Å². The molecule has 0 aromatic carbocycles. The average Bonchev–Trinajstić information content (AvgIpc) is 2.70. The van der Waals surface area contributed by atoms with Crippen LogP contribution < -0.4 is 10.6 Å². The molecule has 1 aliphatic carbocycles. The first-order valence-corrected chi connectivity index (χ1v) is 9.10. The van der Waals surface area contributed by atoms with Crippen molar-refractivity contribution in [3.8, 4) is 0 Å². The van der Waals surface area contributed by atoms with Gasteiger partial charge < -0.3 is 10.6 Å². The fourth-order valence-corrected chi connectivity index (χ4v) is 4.58. The van der Waals surface area contributed by atoms with Gasteiger partial charge in [-0.15, -0.1) is 0 Å². The lowest BCUT2D eigenvalue weighted by Gasteiger charge is -2.22. The minimum atomic E-state index is -2.91. The van der Waals surface area contributed by atoms with Crippen molar-refractivity contribution in [3.05, 3.63) is 0 Å². The number of hydrogen-bond acceptors (Lipinski definition) is 4. The quantitative estimate of drug-likeness (QED) is 0.777. The topological polar surface area (TPSA) is 75.3 Å². The third kappa shape index (κ3) is 5.10. The van der Waals surface area contributed by atoms with Crippen molar-refractivity contribution in [2.24, 2.45) is 0 Å². The fraction of sp³-hybridized carbons (Fsp3) is 0.923. The molecule has 1 aliphatic heterocycles. The zero-order valence-corrected chi connectivity index (χ0v) is 12.2. The number of amides is 1. The van der Waals surface area contributed by atoms with Gasteiger partial charge in [-0.2, -0.15) is 0 Å². The lowest BCUT2D eigenvalue weighted by atomic mass is 9.95. The zero-order chi connectivity index (χ0) is 13.7. The van der Waals surface area contributed by atoms with Crippen molar-refractivity contribution in [2.75, 3.05) is 18.1 Å². The van der Waals surface area contributed by atoms with E-state index in [1.54, 1.807) is 0 Å². The highest BCUT2D eigenvalue weighted by Gasteiger charge is 2.28. The molecule has 1 atom stereocenters. The molecular weight excluding hydrogens is 264 g/mol. The summed E-state index contributed by atoms with van der Waals surface area (Å²) in [5.74, 6) is 0.276. The van der Waals surface area contributed by atoms with E-state index in [0.29, 0.717) is 25.4 Å². The number of carbonyl (C=O) groups is 1. The van der Waals surface area contributed by atoms with Gasteiger partial charge >= 0.3 is 0 Å². The Kier molecular flexibility index (Phi) is 5.21. The number of carbonyl (C=O) groups excluding carboxylic acids is 1. The normalized spacial score (nSPS) is 27.3. The molecule has 2 fully saturated rings. The zero-order valence-electron chi connectivity index (χ0n) is 11.4. The molecule has 0 spiro atoms. The maximum Gasteiger partial charge on any atom is 0.221 e. The van der Waals surface area contributed by atoms with E-state index >= 15 is 0 Å². The highest BCUT2D eigenvalue weighted by atomic mass is 32.2. The van der Waals surface area contributed by atoms with Crippen molar-refractivity contribution < 1.29 is 13.2 Å². The largest absolute Gasteiger partial charge is 0.352 e. The number of sulfone groups is 1. The first kappa shape index (κ1) is 14.8. The van der Waals surface area contributed by atoms with Crippen LogP contribution in [0.1, 0.15) is 44.9 Å². The van der Waals surface area contributed by atoms with Gasteiger partial charge in [-0.3, -0.25) is 4.79 Å². The predicted molar refractivity (Wildman–Crippen MR) is 74.7 cm³/mol. The average molecular weight is 288 g/mol. The Morgan fingerprint density at radius 2 is 1.79 bits per heavy atom. The molecule has 2 N–H and O–H groups in total. The van der Waals surface area contributed by atoms with Gasteiger partial charge in [0, 0.05) is 25.0 Å². The van der Waals surface area contributed by atoms with Crippen LogP contribution in [0.5, 0.6) is 0 Å². The lowest BCUT2D eigenvalue weighted by molar-refractivity contribution is -0.121. The summed E-state index contributed by atoms with van der Waals surface area (Å²) in [6.45, 7) is 0.690. The Hall–Kier alpha value is -0.620. The maximum absolute atomic E-state index is 11.7. The van der Waals surface area contributed by atoms with Gasteiger partial charge in [0.15, 0.2) is 9.84 Å². The maximum atomic E-state index is 11.7. The molecule has 110 valence electrons. The highest BCUT2D eigenvalue weighted by Crippen LogP contribution is 2.17. The van der Waals surface area contributed by atoms with E-state index in [1.165, 1.54) is 32.1 Å². The third-order valence-electron chi connectivity index (χ3n) is 3.99. The SMILES string of the molecule is O=C(CCNC1CCCCC1)NC1CCS(=O)(=O)C1. The summed E-state index contributed by atoms with van der Waals surface area (Å²) in [5, 5.41) is 6.23. The summed E-state index contributed by atoms with van der Waals surface area (Å²) < 4.78 is 22.6. The first-order chi connectivity index (χ1) is 9.05. The summed E-state index contributed by atoms with van der Waals surface area (Å²) >= 11 is 0. The Morgan fingerprint density at radius 1 is 1.05 bits per heavy atom. The van der Waals surface area contributed by atoms with Gasteiger partial charge in [-0.05, 0) is 19.3 Å². The van der Waals surface area contributed by atoms with Gasteiger partial charge in [0.05, 0.1) is 11.5 Å². The van der Waals surface area contributed by atoms with Crippen LogP contribution in [-0.4, -0.2) is 44.5 Å². The number of nitrogens with one attached hydrogen (secondary N) is 2. The molecule has 0 aromatic heterocycles. The van der Waals surface area contributed by atoms with Crippen LogP contribution in [-0.2, 0) is 14.6 Å². The molecule has 1 heterocycles. The van der Waals surface area contributed by atoms with E-state index < -0.39 is 9.84 Å². The number of rotatable bonds is 5. The van der Waals surface area contributed by atoms with Crippen molar-refractivity contribution in [1.82, 2.24) is 10.6 Å². The minimum absolute atomic E-state index is 0.0367. The Morgan fingerprint density at radius 3 is 2.42 bits per heavy atom. The van der Waals surface area contributed by atoms with E-state index in [-0.39, 0.29) is 23.5 Å². The van der Waals surface area contributed by atoms with E-state index in [9.17, 15) is 13.2 Å². The second kappa shape index (κ2) is 6.70. The molecular formula is C13H24N2O3S. The van der Waals surface area contributed by atoms with E-state index in [0.717, 1.165) is 0 Å². The van der Waals surface area contributed by atoms with Crippen LogP contribution >= 0.6 is 0 Å². The van der Waals surface area contributed by atoms with Crippen LogP contribution in [0, 0.1) is 0 Å². The standard InChI is InChI=1S/C13H24N2O3S/c16-13(15-12-7-9-19(17,18)10-12)6-8-14-11-4-2-1-3-5-11/h11-12,14H,1-10H2,(H,15,16). The van der Waals surface area contributed by atoms with Gasteiger partial charge in [0.25, 0.3) is 0 Å². The van der Waals surface area contributed by atoms with Crippen molar-refractivity contribution >= 4 is 15.7 Å². The smallest absolute Gasteiger partial charge is 0.221 e. The van der Waals surface area contributed by atoms with Gasteiger partial charge in [-0.1, -0.05) is 19.3 Å². The predicted octanol–water partition coefficient (Wildman–Crippen LogP) is 0.602. The molecule has 1 saturated heterocycles. The summed E-state index contributed by atoms with van der Waals surface area (Å²) in [6.07, 6.45) is 7.31. The van der Waals surface area contributed by atoms with Crippen LogP contribution in [0.25, 0.3) is 0 Å². The molecule has 0 bridgehead atoms. The molecule has 1 saturated carbocycles. The lowest BCUT2D eigenvalue weighted by Crippen LogP contribution is -2.39. The summed E-state index contributed by atoms with van der Waals surface area (Å²) in [7, 11) is -2.91. The van der Waals surface area contributed by atoms with E-state index in [2.05, 4.69) is 10.6 Å². The second-order valence-electron chi connectivity index (χ2n) is 5.71. The Balaban J connectivity index is 1.59. The monoisotopic (exact) mass is 288 g/mol. The second-order valence-corrected chi connectivity index (χ2v) is 7.94. The minimum Gasteiger partial charge on any atom is -0.352 e. The van der Waals surface area contributed by atoms with Crippen LogP contribution in [0.4, 0.5) is 0 Å². The summed E-state index contributed by atoms with van der Waals surface area (Å²) in [4.78, 5) is 11.7. The fourth-order valence-electron chi connectivity index (χ4n) is 2.91. The molecule has 5 nitrogen and oxygen atoms in total. The molecule has 0 aromatic rings. The van der Waals surface area contributed by atoms with Gasteiger partial charge in [0.1, 0.15) is 0 Å². The number of hydrogen-bond donors (Lipinski definition) is 2. The van der Waals surface area contributed by atoms with Crippen LogP contribution in [0.2, 0.25) is 0 Å². The van der Waals surface area contributed by atoms with E-state index in [1.807, 2.05) is 0 Å². The summed E-state index contributed by atoms with van der Waals surface area (Å²) in [5.41, 5.74) is 0. The van der Waals surface area contributed by atoms with Gasteiger partial charge in [0.2, 0.25) is 5.91 Å². The summed E-state index contributed by atoms with van der Waals surface area (Å²) in [6, 6.07) is 0.389. The molecule has 2 rings (SSSR count). The van der Waals surface area contributed by atoms with Crippen LogP contribution in [0.15, 0.2) is 0 Å². The molecule has 1 amide bonds. The van der Waals surface area contributed by atoms with Crippen LogP contribution in [0.3, 0.4) is 0 Å². The molecule has 1 unspecified atom stereocenters. The Labute approximate surface area is 115 Å². The Bertz CT molecular complexity index is 402.